The zero-order valence-corrected chi connectivity index (χ0v) is 22.5. The number of alkyl halides is 9. The molecule has 0 radical (unpaired) electrons. The number of hydrogen-bond acceptors (Lipinski definition) is 4. The van der Waals surface area contributed by atoms with Gasteiger partial charge >= 0.3 is 30.8 Å². The summed E-state index contributed by atoms with van der Waals surface area (Å²) in [5, 5.41) is 2.41. The van der Waals surface area contributed by atoms with E-state index in [1.54, 1.807) is 13.8 Å². The van der Waals surface area contributed by atoms with E-state index in [0.717, 1.165) is 17.0 Å². The minimum atomic E-state index is -5.14. The highest BCUT2D eigenvalue weighted by Gasteiger charge is 2.44. The maximum atomic E-state index is 13.4. The van der Waals surface area contributed by atoms with Gasteiger partial charge in [-0.25, -0.2) is 9.59 Å². The van der Waals surface area contributed by atoms with E-state index in [1.165, 1.54) is 24.9 Å². The molecule has 0 aliphatic carbocycles. The second-order valence-corrected chi connectivity index (χ2v) is 9.91. The fourth-order valence-corrected chi connectivity index (χ4v) is 4.43. The fraction of sp³-hybridized carbons (Fsp3) is 0.462. The number of ether oxygens (including phenoxy) is 2. The summed E-state index contributed by atoms with van der Waals surface area (Å²) in [6, 6.07) is 2.05. The minimum absolute atomic E-state index is 0.0366. The van der Waals surface area contributed by atoms with Crippen LogP contribution in [-0.4, -0.2) is 43.0 Å². The summed E-state index contributed by atoms with van der Waals surface area (Å²) >= 11 is 0. The Morgan fingerprint density at radius 2 is 1.57 bits per heavy atom. The van der Waals surface area contributed by atoms with Gasteiger partial charge in [0, 0.05) is 13.6 Å². The molecular formula is C26H26F9N3O4. The van der Waals surface area contributed by atoms with Gasteiger partial charge in [-0.2, -0.15) is 26.3 Å². The number of rotatable bonds is 7. The van der Waals surface area contributed by atoms with Crippen molar-refractivity contribution in [2.75, 3.05) is 18.5 Å². The summed E-state index contributed by atoms with van der Waals surface area (Å²) in [6.07, 6.45) is -18.1. The molecule has 0 unspecified atom stereocenters. The van der Waals surface area contributed by atoms with Crippen molar-refractivity contribution >= 4 is 17.8 Å². The molecule has 16 heteroatoms. The van der Waals surface area contributed by atoms with Crippen LogP contribution in [0.4, 0.5) is 54.8 Å². The van der Waals surface area contributed by atoms with E-state index >= 15 is 0 Å². The topological polar surface area (TPSA) is 71.1 Å². The van der Waals surface area contributed by atoms with Crippen LogP contribution in [0.5, 0.6) is 5.75 Å². The Hall–Kier alpha value is -3.85. The van der Waals surface area contributed by atoms with Crippen LogP contribution < -0.4 is 15.0 Å². The summed E-state index contributed by atoms with van der Waals surface area (Å²) < 4.78 is 128. The fourth-order valence-electron chi connectivity index (χ4n) is 4.43. The molecule has 1 aliphatic heterocycles. The van der Waals surface area contributed by atoms with Gasteiger partial charge in [0.05, 0.1) is 29.4 Å². The molecule has 1 saturated heterocycles. The lowest BCUT2D eigenvalue weighted by Gasteiger charge is -2.29. The molecule has 3 rings (SSSR count). The second kappa shape index (κ2) is 11.8. The molecule has 2 aromatic rings. The first kappa shape index (κ1) is 32.7. The van der Waals surface area contributed by atoms with Crippen LogP contribution in [0.2, 0.25) is 0 Å². The summed E-state index contributed by atoms with van der Waals surface area (Å²) in [4.78, 5) is 27.6. The number of anilines is 1. The lowest BCUT2D eigenvalue weighted by atomic mass is 9.97. The number of hydrogen-bond donors (Lipinski definition) is 1. The molecule has 2 aromatic carbocycles. The lowest BCUT2D eigenvalue weighted by Crippen LogP contribution is -2.41. The van der Waals surface area contributed by atoms with Crippen LogP contribution in [0.15, 0.2) is 36.4 Å². The average molecular weight is 615 g/mol. The molecule has 1 N–H and O–H groups in total. The Morgan fingerprint density at radius 1 is 1.00 bits per heavy atom. The van der Waals surface area contributed by atoms with Gasteiger partial charge in [0.2, 0.25) is 0 Å². The van der Waals surface area contributed by atoms with Crippen molar-refractivity contribution in [3.8, 4) is 5.75 Å². The molecule has 3 amide bonds. The predicted octanol–water partition coefficient (Wildman–Crippen LogP) is 7.51. The zero-order chi connectivity index (χ0) is 31.8. The molecule has 1 heterocycles. The summed E-state index contributed by atoms with van der Waals surface area (Å²) in [5.41, 5.74) is -3.75. The number of nitrogens with zero attached hydrogens (tertiary/aromatic N) is 2. The largest absolute Gasteiger partial charge is 0.573 e. The number of nitrogens with one attached hydrogen (secondary N) is 1. The molecule has 1 fully saturated rings. The van der Waals surface area contributed by atoms with Crippen molar-refractivity contribution < 1.29 is 58.6 Å². The van der Waals surface area contributed by atoms with Crippen molar-refractivity contribution in [3.63, 3.8) is 0 Å². The van der Waals surface area contributed by atoms with Crippen molar-refractivity contribution in [3.05, 3.63) is 58.7 Å². The van der Waals surface area contributed by atoms with Crippen LogP contribution >= 0.6 is 0 Å². The number of amides is 3. The van der Waals surface area contributed by atoms with Gasteiger partial charge < -0.3 is 14.8 Å². The highest BCUT2D eigenvalue weighted by molar-refractivity contribution is 5.93. The first-order valence-electron chi connectivity index (χ1n) is 12.4. The number of carbonyl (C=O) groups is 2. The zero-order valence-electron chi connectivity index (χ0n) is 22.5. The number of carbonyl (C=O) groups excluding carboxylic acids is 2. The molecular weight excluding hydrogens is 589 g/mol. The van der Waals surface area contributed by atoms with Gasteiger partial charge in [-0.05, 0) is 60.4 Å². The number of halogens is 9. The number of benzene rings is 2. The Kier molecular flexibility index (Phi) is 9.17. The van der Waals surface area contributed by atoms with Gasteiger partial charge in [-0.3, -0.25) is 9.80 Å². The normalized spacial score (nSPS) is 17.9. The summed E-state index contributed by atoms with van der Waals surface area (Å²) in [5.74, 6) is -0.808. The smallest absolute Gasteiger partial charge is 0.439 e. The van der Waals surface area contributed by atoms with Gasteiger partial charge in [-0.1, -0.05) is 13.8 Å². The van der Waals surface area contributed by atoms with Crippen molar-refractivity contribution in [2.24, 2.45) is 5.92 Å². The van der Waals surface area contributed by atoms with E-state index in [-0.39, 0.29) is 29.8 Å². The SMILES string of the molecule is CNC(=O)N(CC(C)C)c1ccc(OC(F)(F)F)cc1CN1C(=O)O[C@H](c2cc(C(F)(F)F)cc(C(F)(F)F)c2)[C@@H]1C. The Morgan fingerprint density at radius 3 is 2.05 bits per heavy atom. The lowest BCUT2D eigenvalue weighted by molar-refractivity contribution is -0.274. The molecule has 7 nitrogen and oxygen atoms in total. The van der Waals surface area contributed by atoms with Crippen LogP contribution in [0.25, 0.3) is 0 Å². The molecule has 232 valence electrons. The summed E-state index contributed by atoms with van der Waals surface area (Å²) in [7, 11) is 1.32. The third-order valence-corrected chi connectivity index (χ3v) is 6.25. The first-order chi connectivity index (χ1) is 19.2. The maximum Gasteiger partial charge on any atom is 0.573 e. The Bertz CT molecular complexity index is 1280. The third kappa shape index (κ3) is 7.70. The highest BCUT2D eigenvalue weighted by atomic mass is 19.4. The third-order valence-electron chi connectivity index (χ3n) is 6.25. The first-order valence-corrected chi connectivity index (χ1v) is 12.4. The number of urea groups is 1. The molecule has 42 heavy (non-hydrogen) atoms. The van der Waals surface area contributed by atoms with E-state index in [2.05, 4.69) is 10.1 Å². The average Bonchev–Trinajstić information content (AvgIpc) is 3.13. The van der Waals surface area contributed by atoms with Crippen LogP contribution in [0.3, 0.4) is 0 Å². The van der Waals surface area contributed by atoms with Crippen LogP contribution in [0.1, 0.15) is 49.1 Å². The van der Waals surface area contributed by atoms with E-state index in [4.69, 9.17) is 4.74 Å². The molecule has 0 saturated carbocycles. The van der Waals surface area contributed by atoms with E-state index < -0.39 is 72.0 Å². The van der Waals surface area contributed by atoms with Gasteiger partial charge in [0.15, 0.2) is 0 Å². The highest BCUT2D eigenvalue weighted by Crippen LogP contribution is 2.42. The maximum absolute atomic E-state index is 13.4. The van der Waals surface area contributed by atoms with E-state index in [9.17, 15) is 49.1 Å². The van der Waals surface area contributed by atoms with Crippen molar-refractivity contribution in [1.82, 2.24) is 10.2 Å². The van der Waals surface area contributed by atoms with E-state index in [1.807, 2.05) is 0 Å². The standard InChI is InChI=1S/C26H26F9N3O4/c1-13(2)11-38(22(39)36-4)20-6-5-19(42-26(33,34)35)9-16(20)12-37-14(3)21(41-23(37)40)15-7-17(24(27,28)29)10-18(8-15)25(30,31)32/h5-10,13-14,21H,11-12H2,1-4H3,(H,36,39)/t14-,21-/m0/s1. The summed E-state index contributed by atoms with van der Waals surface area (Å²) in [6.45, 7) is 4.40. The molecule has 0 spiro atoms. The molecule has 0 aromatic heterocycles. The van der Waals surface area contributed by atoms with Gasteiger partial charge in [0.1, 0.15) is 11.9 Å². The number of cyclic esters (lactones) is 1. The molecule has 2 atom stereocenters. The monoisotopic (exact) mass is 615 g/mol. The van der Waals surface area contributed by atoms with Crippen LogP contribution in [0, 0.1) is 5.92 Å². The Balaban J connectivity index is 2.06. The quantitative estimate of drug-likeness (QED) is 0.328. The van der Waals surface area contributed by atoms with Crippen LogP contribution in [-0.2, 0) is 23.6 Å². The van der Waals surface area contributed by atoms with E-state index in [0.29, 0.717) is 12.1 Å². The molecule has 0 bridgehead atoms. The van der Waals surface area contributed by atoms with Crippen molar-refractivity contribution in [1.29, 1.82) is 0 Å². The Labute approximate surface area is 234 Å². The van der Waals surface area contributed by atoms with Gasteiger partial charge in [-0.15, -0.1) is 13.2 Å². The molecule has 1 aliphatic rings. The minimum Gasteiger partial charge on any atom is -0.439 e. The predicted molar refractivity (Wildman–Crippen MR) is 130 cm³/mol. The second-order valence-electron chi connectivity index (χ2n) is 9.91. The van der Waals surface area contributed by atoms with Crippen molar-refractivity contribution in [2.45, 2.75) is 58.2 Å². The van der Waals surface area contributed by atoms with Gasteiger partial charge in [0.25, 0.3) is 0 Å².